The average Bonchev–Trinajstić information content (AvgIpc) is 3.27. The minimum atomic E-state index is -0.333. The van der Waals surface area contributed by atoms with Crippen molar-refractivity contribution in [2.75, 3.05) is 5.32 Å². The molecule has 1 aliphatic carbocycles. The number of anilines is 1. The number of hydrogen-bond acceptors (Lipinski definition) is 6. The quantitative estimate of drug-likeness (QED) is 0.585. The molecule has 0 atom stereocenters. The van der Waals surface area contributed by atoms with Crippen molar-refractivity contribution in [3.63, 3.8) is 0 Å². The molecule has 8 heteroatoms. The van der Waals surface area contributed by atoms with E-state index in [1.54, 1.807) is 48.5 Å². The number of ketones is 1. The highest BCUT2D eigenvalue weighted by atomic mass is 32.1. The molecule has 1 aliphatic heterocycles. The Labute approximate surface area is 194 Å². The van der Waals surface area contributed by atoms with Gasteiger partial charge in [-0.2, -0.15) is 0 Å². The van der Waals surface area contributed by atoms with Gasteiger partial charge in [0, 0.05) is 12.0 Å². The second-order valence-electron chi connectivity index (χ2n) is 9.13. The number of Topliss-reactive ketones (excluding diaryl/α,β-unsaturated/α-hetero) is 1. The first-order valence-electron chi connectivity index (χ1n) is 10.6. The Morgan fingerprint density at radius 2 is 1.64 bits per heavy atom. The lowest BCUT2D eigenvalue weighted by Gasteiger charge is -2.26. The number of thiazole rings is 1. The van der Waals surface area contributed by atoms with Crippen LogP contribution in [0.5, 0.6) is 0 Å². The molecule has 5 rings (SSSR count). The number of carbonyl (C=O) groups is 4. The summed E-state index contributed by atoms with van der Waals surface area (Å²) >= 11 is 1.21. The van der Waals surface area contributed by atoms with Gasteiger partial charge in [0.05, 0.1) is 28.2 Å². The number of carbonyl (C=O) groups excluding carboxylic acids is 4. The van der Waals surface area contributed by atoms with Crippen LogP contribution in [0.2, 0.25) is 0 Å². The van der Waals surface area contributed by atoms with E-state index in [4.69, 9.17) is 0 Å². The van der Waals surface area contributed by atoms with Crippen LogP contribution in [0.1, 0.15) is 72.3 Å². The zero-order valence-corrected chi connectivity index (χ0v) is 19.0. The fourth-order valence-corrected chi connectivity index (χ4v) is 5.18. The third kappa shape index (κ3) is 3.87. The summed E-state index contributed by atoms with van der Waals surface area (Å²) in [6, 6.07) is 13.5. The molecule has 0 fully saturated rings. The fourth-order valence-electron chi connectivity index (χ4n) is 4.27. The SMILES string of the molecule is CC1(C)CC(=O)c2sc(NC(=O)c3ccc(CN4C(=O)c5ccccc5C4=O)cc3)nc2C1. The standard InChI is InChI=1S/C25H21N3O4S/c1-25(2)11-18-20(19(29)12-25)33-24(26-18)27-21(30)15-9-7-14(8-10-15)13-28-22(31)16-5-3-4-6-17(16)23(28)32/h3-10H,11-13H2,1-2H3,(H,26,27,30). The molecule has 0 saturated heterocycles. The molecule has 2 aromatic carbocycles. The first-order chi connectivity index (χ1) is 15.7. The maximum atomic E-state index is 12.7. The Hall–Kier alpha value is -3.65. The van der Waals surface area contributed by atoms with Crippen molar-refractivity contribution in [2.45, 2.75) is 33.2 Å². The summed E-state index contributed by atoms with van der Waals surface area (Å²) in [6.07, 6.45) is 1.18. The number of imide groups is 1. The summed E-state index contributed by atoms with van der Waals surface area (Å²) in [5.74, 6) is -0.900. The van der Waals surface area contributed by atoms with Crippen LogP contribution in [0.4, 0.5) is 5.13 Å². The summed E-state index contributed by atoms with van der Waals surface area (Å²) in [5.41, 5.74) is 2.58. The van der Waals surface area contributed by atoms with Gasteiger partial charge in [-0.15, -0.1) is 0 Å². The van der Waals surface area contributed by atoms with Gasteiger partial charge in [0.1, 0.15) is 0 Å². The lowest BCUT2D eigenvalue weighted by atomic mass is 9.78. The molecule has 1 aromatic heterocycles. The van der Waals surface area contributed by atoms with Crippen LogP contribution in [-0.4, -0.2) is 33.4 Å². The molecule has 7 nitrogen and oxygen atoms in total. The zero-order chi connectivity index (χ0) is 23.3. The van der Waals surface area contributed by atoms with Gasteiger partial charge in [0.25, 0.3) is 17.7 Å². The number of fused-ring (bicyclic) bond motifs is 2. The Balaban J connectivity index is 1.27. The predicted octanol–water partition coefficient (Wildman–Crippen LogP) is 4.35. The first-order valence-corrected chi connectivity index (χ1v) is 11.4. The minimum Gasteiger partial charge on any atom is -0.298 e. The third-order valence-corrected chi connectivity index (χ3v) is 6.95. The Morgan fingerprint density at radius 1 is 1.00 bits per heavy atom. The highest BCUT2D eigenvalue weighted by molar-refractivity contribution is 7.17. The molecule has 0 bridgehead atoms. The molecule has 2 heterocycles. The summed E-state index contributed by atoms with van der Waals surface area (Å²) in [7, 11) is 0. The van der Waals surface area contributed by atoms with E-state index in [-0.39, 0.29) is 35.5 Å². The molecule has 0 unspecified atom stereocenters. The van der Waals surface area contributed by atoms with Gasteiger partial charge in [-0.1, -0.05) is 49.4 Å². The Kier molecular flexibility index (Phi) is 4.97. The fraction of sp³-hybridized carbons (Fsp3) is 0.240. The van der Waals surface area contributed by atoms with Gasteiger partial charge in [-0.25, -0.2) is 4.98 Å². The van der Waals surface area contributed by atoms with Crippen LogP contribution in [0, 0.1) is 5.41 Å². The normalized spacial score (nSPS) is 16.5. The maximum Gasteiger partial charge on any atom is 0.261 e. The topological polar surface area (TPSA) is 96.4 Å². The van der Waals surface area contributed by atoms with Crippen molar-refractivity contribution < 1.29 is 19.2 Å². The molecule has 3 amide bonds. The smallest absolute Gasteiger partial charge is 0.261 e. The van der Waals surface area contributed by atoms with Crippen LogP contribution in [-0.2, 0) is 13.0 Å². The minimum absolute atomic E-state index is 0.0664. The van der Waals surface area contributed by atoms with E-state index in [0.717, 1.165) is 11.3 Å². The van der Waals surface area contributed by atoms with Gasteiger partial charge in [-0.05, 0) is 41.7 Å². The molecule has 166 valence electrons. The van der Waals surface area contributed by atoms with Gasteiger partial charge < -0.3 is 0 Å². The average molecular weight is 460 g/mol. The van der Waals surface area contributed by atoms with Crippen molar-refractivity contribution in [2.24, 2.45) is 5.41 Å². The van der Waals surface area contributed by atoms with Gasteiger partial charge in [-0.3, -0.25) is 29.4 Å². The molecule has 2 aliphatic rings. The van der Waals surface area contributed by atoms with E-state index >= 15 is 0 Å². The number of benzene rings is 2. The lowest BCUT2D eigenvalue weighted by molar-refractivity contribution is 0.0641. The van der Waals surface area contributed by atoms with Crippen LogP contribution in [0.3, 0.4) is 0 Å². The van der Waals surface area contributed by atoms with Crippen molar-refractivity contribution >= 4 is 40.0 Å². The molecule has 33 heavy (non-hydrogen) atoms. The van der Waals surface area contributed by atoms with Crippen LogP contribution < -0.4 is 5.32 Å². The van der Waals surface area contributed by atoms with E-state index in [2.05, 4.69) is 10.3 Å². The molecule has 0 spiro atoms. The zero-order valence-electron chi connectivity index (χ0n) is 18.2. The van der Waals surface area contributed by atoms with Gasteiger partial charge >= 0.3 is 0 Å². The van der Waals surface area contributed by atoms with E-state index in [1.807, 2.05) is 13.8 Å². The van der Waals surface area contributed by atoms with Gasteiger partial charge in [0.2, 0.25) is 0 Å². The lowest BCUT2D eigenvalue weighted by Crippen LogP contribution is -2.29. The number of hydrogen-bond donors (Lipinski definition) is 1. The summed E-state index contributed by atoms with van der Waals surface area (Å²) in [5, 5.41) is 3.19. The third-order valence-electron chi connectivity index (χ3n) is 5.89. The highest BCUT2D eigenvalue weighted by Crippen LogP contribution is 2.38. The molecule has 3 aromatic rings. The van der Waals surface area contributed by atoms with E-state index in [1.165, 1.54) is 16.2 Å². The largest absolute Gasteiger partial charge is 0.298 e. The molecule has 0 radical (unpaired) electrons. The molecule has 1 N–H and O–H groups in total. The summed E-state index contributed by atoms with van der Waals surface area (Å²) < 4.78 is 0. The van der Waals surface area contributed by atoms with E-state index in [0.29, 0.717) is 39.5 Å². The molecular weight excluding hydrogens is 438 g/mol. The second-order valence-corrected chi connectivity index (χ2v) is 10.1. The highest BCUT2D eigenvalue weighted by Gasteiger charge is 2.35. The van der Waals surface area contributed by atoms with E-state index < -0.39 is 0 Å². The second kappa shape index (κ2) is 7.74. The Morgan fingerprint density at radius 3 is 2.27 bits per heavy atom. The number of aromatic nitrogens is 1. The van der Waals surface area contributed by atoms with Crippen molar-refractivity contribution in [3.8, 4) is 0 Å². The van der Waals surface area contributed by atoms with E-state index in [9.17, 15) is 19.2 Å². The number of rotatable bonds is 4. The van der Waals surface area contributed by atoms with Crippen molar-refractivity contribution in [1.29, 1.82) is 0 Å². The number of nitrogens with one attached hydrogen (secondary N) is 1. The van der Waals surface area contributed by atoms with Gasteiger partial charge in [0.15, 0.2) is 10.9 Å². The number of amides is 3. The maximum absolute atomic E-state index is 12.7. The monoisotopic (exact) mass is 459 g/mol. The first kappa shape index (κ1) is 21.2. The Bertz CT molecular complexity index is 1290. The van der Waals surface area contributed by atoms with Crippen molar-refractivity contribution in [3.05, 3.63) is 81.4 Å². The predicted molar refractivity (Wildman–Crippen MR) is 124 cm³/mol. The number of nitrogens with zero attached hydrogens (tertiary/aromatic N) is 2. The summed E-state index contributed by atoms with van der Waals surface area (Å²) in [4.78, 5) is 56.5. The molecule has 0 saturated carbocycles. The molecular formula is C25H21N3O4S. The van der Waals surface area contributed by atoms with Crippen LogP contribution in [0.25, 0.3) is 0 Å². The summed E-state index contributed by atoms with van der Waals surface area (Å²) in [6.45, 7) is 4.20. The van der Waals surface area contributed by atoms with Crippen LogP contribution >= 0.6 is 11.3 Å². The van der Waals surface area contributed by atoms with Crippen molar-refractivity contribution in [1.82, 2.24) is 9.88 Å². The van der Waals surface area contributed by atoms with Crippen LogP contribution in [0.15, 0.2) is 48.5 Å².